The van der Waals surface area contributed by atoms with Gasteiger partial charge in [0, 0.05) is 18.0 Å². The predicted molar refractivity (Wildman–Crippen MR) is 102 cm³/mol. The van der Waals surface area contributed by atoms with Crippen molar-refractivity contribution < 1.29 is 13.6 Å². The molecule has 0 aliphatic carbocycles. The predicted octanol–water partition coefficient (Wildman–Crippen LogP) is 3.80. The van der Waals surface area contributed by atoms with E-state index >= 15 is 0 Å². The third-order valence-corrected chi connectivity index (χ3v) is 5.20. The van der Waals surface area contributed by atoms with Crippen LogP contribution in [0.25, 0.3) is 11.1 Å². The Kier molecular flexibility index (Phi) is 5.46. The first kappa shape index (κ1) is 18.3. The minimum atomic E-state index is -0.404. The fourth-order valence-electron chi connectivity index (χ4n) is 2.54. The van der Waals surface area contributed by atoms with Gasteiger partial charge in [0.1, 0.15) is 5.82 Å². The summed E-state index contributed by atoms with van der Waals surface area (Å²) in [6, 6.07) is 11.8. The van der Waals surface area contributed by atoms with Crippen LogP contribution in [0.1, 0.15) is 12.5 Å². The van der Waals surface area contributed by atoms with Gasteiger partial charge >= 0.3 is 5.76 Å². The molecule has 1 heterocycles. The van der Waals surface area contributed by atoms with Gasteiger partial charge in [-0.2, -0.15) is 0 Å². The quantitative estimate of drug-likeness (QED) is 0.713. The number of para-hydroxylation sites is 2. The van der Waals surface area contributed by atoms with Crippen molar-refractivity contribution in [2.75, 3.05) is 11.1 Å². The second kappa shape index (κ2) is 7.78. The summed E-state index contributed by atoms with van der Waals surface area (Å²) in [7, 11) is 0. The van der Waals surface area contributed by atoms with Crippen LogP contribution < -0.4 is 11.1 Å². The number of oxazole rings is 1. The lowest BCUT2D eigenvalue weighted by molar-refractivity contribution is -0.115. The molecule has 1 N–H and O–H groups in total. The smallest absolute Gasteiger partial charge is 0.408 e. The Labute approximate surface area is 154 Å². The number of fused-ring (bicyclic) bond motifs is 1. The number of amides is 1. The number of nitrogens with one attached hydrogen (secondary N) is 1. The molecule has 0 radical (unpaired) electrons. The summed E-state index contributed by atoms with van der Waals surface area (Å²) < 4.78 is 20.3. The van der Waals surface area contributed by atoms with Crippen LogP contribution in [-0.4, -0.2) is 21.5 Å². The Morgan fingerprint density at radius 2 is 2.08 bits per heavy atom. The molecule has 0 spiro atoms. The van der Waals surface area contributed by atoms with Gasteiger partial charge in [0.05, 0.1) is 10.8 Å². The zero-order valence-corrected chi connectivity index (χ0v) is 15.3. The normalized spacial score (nSPS) is 12.3. The van der Waals surface area contributed by atoms with Crippen molar-refractivity contribution in [2.45, 2.75) is 25.6 Å². The molecule has 3 aromatic rings. The molecule has 0 unspecified atom stereocenters. The van der Waals surface area contributed by atoms with Gasteiger partial charge in [-0.3, -0.25) is 9.36 Å². The Balaban J connectivity index is 1.57. The van der Waals surface area contributed by atoms with E-state index in [2.05, 4.69) is 5.32 Å². The Bertz CT molecular complexity index is 996. The molecule has 0 bridgehead atoms. The van der Waals surface area contributed by atoms with Crippen molar-refractivity contribution in [1.82, 2.24) is 4.57 Å². The number of anilines is 1. The molecule has 7 heteroatoms. The zero-order valence-electron chi connectivity index (χ0n) is 14.5. The van der Waals surface area contributed by atoms with E-state index in [0.29, 0.717) is 29.1 Å². The molecule has 0 saturated heterocycles. The summed E-state index contributed by atoms with van der Waals surface area (Å²) in [5.41, 5.74) is 2.26. The van der Waals surface area contributed by atoms with Crippen LogP contribution in [0, 0.1) is 12.7 Å². The molecule has 0 fully saturated rings. The van der Waals surface area contributed by atoms with Gasteiger partial charge in [-0.05, 0) is 43.7 Å². The minimum Gasteiger partial charge on any atom is -0.408 e. The second-order valence-corrected chi connectivity index (χ2v) is 7.40. The Hall–Kier alpha value is -2.54. The summed E-state index contributed by atoms with van der Waals surface area (Å²) >= 11 is 1.42. The molecular weight excluding hydrogens is 355 g/mol. The number of halogens is 1. The third kappa shape index (κ3) is 3.99. The van der Waals surface area contributed by atoms with Crippen LogP contribution in [0.4, 0.5) is 10.1 Å². The van der Waals surface area contributed by atoms with Crippen LogP contribution >= 0.6 is 11.8 Å². The van der Waals surface area contributed by atoms with Crippen molar-refractivity contribution in [2.24, 2.45) is 0 Å². The maximum Gasteiger partial charge on any atom is 0.419 e. The highest BCUT2D eigenvalue weighted by molar-refractivity contribution is 8.00. The van der Waals surface area contributed by atoms with E-state index < -0.39 is 5.76 Å². The lowest BCUT2D eigenvalue weighted by Gasteiger charge is -2.12. The Morgan fingerprint density at radius 3 is 2.85 bits per heavy atom. The van der Waals surface area contributed by atoms with E-state index in [4.69, 9.17) is 4.42 Å². The summed E-state index contributed by atoms with van der Waals surface area (Å²) in [5.74, 6) is -0.392. The molecular formula is C19H19FN2O3S. The van der Waals surface area contributed by atoms with Gasteiger partial charge < -0.3 is 9.73 Å². The first-order chi connectivity index (χ1) is 12.5. The standard InChI is InChI=1S/C19H19FN2O3S/c1-12-7-8-14(11-15(12)20)21-18(23)13(2)26-10-9-22-16-5-3-4-6-17(16)25-19(22)24/h3-8,11,13H,9-10H2,1-2H3,(H,21,23)/t13-/m0/s1. The van der Waals surface area contributed by atoms with Crippen molar-refractivity contribution in [3.8, 4) is 0 Å². The van der Waals surface area contributed by atoms with E-state index in [9.17, 15) is 14.0 Å². The van der Waals surface area contributed by atoms with Gasteiger partial charge in [0.2, 0.25) is 5.91 Å². The van der Waals surface area contributed by atoms with E-state index in [-0.39, 0.29) is 17.0 Å². The molecule has 1 atom stereocenters. The fourth-order valence-corrected chi connectivity index (χ4v) is 3.39. The van der Waals surface area contributed by atoms with Crippen molar-refractivity contribution in [1.29, 1.82) is 0 Å². The third-order valence-electron chi connectivity index (χ3n) is 4.07. The highest BCUT2D eigenvalue weighted by Crippen LogP contribution is 2.18. The van der Waals surface area contributed by atoms with Gasteiger partial charge in [-0.1, -0.05) is 18.2 Å². The van der Waals surface area contributed by atoms with Gasteiger partial charge in [-0.25, -0.2) is 9.18 Å². The van der Waals surface area contributed by atoms with Gasteiger partial charge in [0.15, 0.2) is 5.58 Å². The first-order valence-corrected chi connectivity index (χ1v) is 9.27. The zero-order chi connectivity index (χ0) is 18.7. The van der Waals surface area contributed by atoms with Crippen molar-refractivity contribution in [3.05, 3.63) is 64.4 Å². The number of carbonyl (C=O) groups excluding carboxylic acids is 1. The number of nitrogens with zero attached hydrogens (tertiary/aromatic N) is 1. The molecule has 0 saturated carbocycles. The molecule has 2 aromatic carbocycles. The molecule has 26 heavy (non-hydrogen) atoms. The number of rotatable bonds is 6. The molecule has 0 aliphatic rings. The molecule has 1 amide bonds. The number of thioether (sulfide) groups is 1. The van der Waals surface area contributed by atoms with E-state index in [0.717, 1.165) is 5.52 Å². The second-order valence-electron chi connectivity index (χ2n) is 5.95. The molecule has 1 aromatic heterocycles. The monoisotopic (exact) mass is 374 g/mol. The van der Waals surface area contributed by atoms with Crippen LogP contribution in [0.15, 0.2) is 51.7 Å². The SMILES string of the molecule is Cc1ccc(NC(=O)[C@H](C)SCCn2c(=O)oc3ccccc32)cc1F. The van der Waals surface area contributed by atoms with E-state index in [1.54, 1.807) is 36.6 Å². The number of carbonyl (C=O) groups is 1. The maximum absolute atomic E-state index is 13.6. The molecule has 3 rings (SSSR count). The summed E-state index contributed by atoms with van der Waals surface area (Å²) in [6.07, 6.45) is 0. The molecule has 5 nitrogen and oxygen atoms in total. The first-order valence-electron chi connectivity index (χ1n) is 8.22. The minimum absolute atomic E-state index is 0.206. The number of aromatic nitrogens is 1. The lowest BCUT2D eigenvalue weighted by atomic mass is 10.2. The number of aryl methyl sites for hydroxylation is 2. The van der Waals surface area contributed by atoms with E-state index in [1.807, 2.05) is 18.2 Å². The van der Waals surface area contributed by atoms with Crippen LogP contribution in [0.5, 0.6) is 0 Å². The average Bonchev–Trinajstić information content (AvgIpc) is 2.93. The molecule has 0 aliphatic heterocycles. The lowest BCUT2D eigenvalue weighted by Crippen LogP contribution is -2.24. The highest BCUT2D eigenvalue weighted by Gasteiger charge is 2.15. The summed E-state index contributed by atoms with van der Waals surface area (Å²) in [4.78, 5) is 24.2. The fraction of sp³-hybridized carbons (Fsp3) is 0.263. The highest BCUT2D eigenvalue weighted by atomic mass is 32.2. The topological polar surface area (TPSA) is 64.2 Å². The number of hydrogen-bond acceptors (Lipinski definition) is 4. The maximum atomic E-state index is 13.6. The van der Waals surface area contributed by atoms with Gasteiger partial charge in [0.25, 0.3) is 0 Å². The number of hydrogen-bond donors (Lipinski definition) is 1. The molecule has 136 valence electrons. The van der Waals surface area contributed by atoms with Crippen LogP contribution in [0.3, 0.4) is 0 Å². The van der Waals surface area contributed by atoms with Crippen LogP contribution in [-0.2, 0) is 11.3 Å². The van der Waals surface area contributed by atoms with Crippen molar-refractivity contribution in [3.63, 3.8) is 0 Å². The van der Waals surface area contributed by atoms with Crippen molar-refractivity contribution >= 4 is 34.5 Å². The number of benzene rings is 2. The van der Waals surface area contributed by atoms with E-state index in [1.165, 1.54) is 17.8 Å². The average molecular weight is 374 g/mol. The van der Waals surface area contributed by atoms with Crippen LogP contribution in [0.2, 0.25) is 0 Å². The largest absolute Gasteiger partial charge is 0.419 e. The summed E-state index contributed by atoms with van der Waals surface area (Å²) in [6.45, 7) is 3.89. The summed E-state index contributed by atoms with van der Waals surface area (Å²) in [5, 5.41) is 2.37. The van der Waals surface area contributed by atoms with Gasteiger partial charge in [-0.15, -0.1) is 11.8 Å². The Morgan fingerprint density at radius 1 is 1.31 bits per heavy atom.